The Kier molecular flexibility index (Phi) is 3.20. The Morgan fingerprint density at radius 3 is 2.58 bits per heavy atom. The van der Waals surface area contributed by atoms with E-state index in [9.17, 15) is 0 Å². The molecule has 3 rings (SSSR count). The van der Waals surface area contributed by atoms with E-state index in [0.717, 1.165) is 32.5 Å². The van der Waals surface area contributed by atoms with Crippen LogP contribution in [0.15, 0.2) is 54.9 Å². The molecule has 0 saturated carbocycles. The van der Waals surface area contributed by atoms with Gasteiger partial charge in [-0.3, -0.25) is 4.98 Å². The fourth-order valence-corrected chi connectivity index (χ4v) is 2.49. The maximum Gasteiger partial charge on any atom is 0.0484 e. The van der Waals surface area contributed by atoms with Gasteiger partial charge < -0.3 is 5.73 Å². The average Bonchev–Trinajstić information content (AvgIpc) is 2.48. The van der Waals surface area contributed by atoms with Crippen LogP contribution in [0.2, 0.25) is 5.02 Å². The number of benzene rings is 2. The maximum absolute atomic E-state index is 6.24. The van der Waals surface area contributed by atoms with E-state index in [2.05, 4.69) is 17.1 Å². The van der Waals surface area contributed by atoms with E-state index in [1.54, 1.807) is 6.20 Å². The number of hydrogen-bond acceptors (Lipinski definition) is 2. The fourth-order valence-electron chi connectivity index (χ4n) is 2.26. The van der Waals surface area contributed by atoms with Gasteiger partial charge in [0.25, 0.3) is 0 Å². The van der Waals surface area contributed by atoms with E-state index >= 15 is 0 Å². The number of nitrogens with zero attached hydrogens (tertiary/aromatic N) is 1. The molecule has 0 amide bonds. The summed E-state index contributed by atoms with van der Waals surface area (Å²) in [5, 5.41) is 2.95. The summed E-state index contributed by atoms with van der Waals surface area (Å²) >= 11 is 6.24. The zero-order valence-corrected chi connectivity index (χ0v) is 11.1. The predicted molar refractivity (Wildman–Crippen MR) is 80.1 cm³/mol. The molecule has 2 aromatic carbocycles. The number of fused-ring (bicyclic) bond motifs is 1. The minimum atomic E-state index is 0.492. The monoisotopic (exact) mass is 268 g/mol. The van der Waals surface area contributed by atoms with Crippen molar-refractivity contribution in [2.75, 3.05) is 0 Å². The molecule has 0 aliphatic rings. The summed E-state index contributed by atoms with van der Waals surface area (Å²) in [7, 11) is 0. The van der Waals surface area contributed by atoms with Crippen molar-refractivity contribution in [3.05, 3.63) is 65.4 Å². The highest BCUT2D eigenvalue weighted by atomic mass is 35.5. The second-order valence-corrected chi connectivity index (χ2v) is 4.83. The van der Waals surface area contributed by atoms with Gasteiger partial charge in [-0.15, -0.1) is 0 Å². The van der Waals surface area contributed by atoms with E-state index in [1.165, 1.54) is 0 Å². The lowest BCUT2D eigenvalue weighted by atomic mass is 9.98. The molecule has 94 valence electrons. The van der Waals surface area contributed by atoms with Crippen LogP contribution in [0.1, 0.15) is 5.56 Å². The van der Waals surface area contributed by atoms with Crippen LogP contribution in [0.25, 0.3) is 21.9 Å². The summed E-state index contributed by atoms with van der Waals surface area (Å²) in [5.74, 6) is 0. The zero-order valence-electron chi connectivity index (χ0n) is 10.3. The molecule has 19 heavy (non-hydrogen) atoms. The average molecular weight is 269 g/mol. The highest BCUT2D eigenvalue weighted by molar-refractivity contribution is 6.36. The van der Waals surface area contributed by atoms with Gasteiger partial charge in [0, 0.05) is 34.9 Å². The molecule has 0 spiro atoms. The molecule has 3 heteroatoms. The first-order valence-electron chi connectivity index (χ1n) is 6.11. The number of halogens is 1. The molecule has 0 radical (unpaired) electrons. The maximum atomic E-state index is 6.24. The Morgan fingerprint density at radius 2 is 1.79 bits per heavy atom. The van der Waals surface area contributed by atoms with Crippen LogP contribution in [-0.4, -0.2) is 4.98 Å². The Labute approximate surface area is 116 Å². The van der Waals surface area contributed by atoms with Gasteiger partial charge in [0.1, 0.15) is 0 Å². The summed E-state index contributed by atoms with van der Waals surface area (Å²) in [6, 6.07) is 14.1. The lowest BCUT2D eigenvalue weighted by Crippen LogP contribution is -1.97. The number of rotatable bonds is 2. The first-order valence-corrected chi connectivity index (χ1v) is 6.49. The summed E-state index contributed by atoms with van der Waals surface area (Å²) in [5.41, 5.74) is 8.89. The molecule has 1 heterocycles. The van der Waals surface area contributed by atoms with Gasteiger partial charge in [-0.2, -0.15) is 0 Å². The number of aromatic nitrogens is 1. The van der Waals surface area contributed by atoms with E-state index in [4.69, 9.17) is 17.3 Å². The molecule has 0 aliphatic heterocycles. The van der Waals surface area contributed by atoms with Crippen molar-refractivity contribution in [1.29, 1.82) is 0 Å². The molecule has 0 fully saturated rings. The molecular formula is C16H13ClN2. The Hall–Kier alpha value is -1.90. The van der Waals surface area contributed by atoms with E-state index in [-0.39, 0.29) is 0 Å². The van der Waals surface area contributed by atoms with Crippen LogP contribution in [0.5, 0.6) is 0 Å². The molecule has 0 unspecified atom stereocenters. The molecular weight excluding hydrogens is 256 g/mol. The van der Waals surface area contributed by atoms with E-state index in [1.807, 2.05) is 36.5 Å². The van der Waals surface area contributed by atoms with Crippen molar-refractivity contribution in [3.63, 3.8) is 0 Å². The van der Waals surface area contributed by atoms with Gasteiger partial charge in [-0.05, 0) is 28.6 Å². The van der Waals surface area contributed by atoms with Gasteiger partial charge in [0.15, 0.2) is 0 Å². The molecule has 0 saturated heterocycles. The minimum absolute atomic E-state index is 0.492. The van der Waals surface area contributed by atoms with Crippen LogP contribution in [0.3, 0.4) is 0 Å². The SMILES string of the molecule is NCc1cncc(-c2ccc(Cl)c3ccccc23)c1. The largest absolute Gasteiger partial charge is 0.326 e. The van der Waals surface area contributed by atoms with Crippen molar-refractivity contribution >= 4 is 22.4 Å². The van der Waals surface area contributed by atoms with Crippen molar-refractivity contribution < 1.29 is 0 Å². The van der Waals surface area contributed by atoms with Crippen LogP contribution < -0.4 is 5.73 Å². The van der Waals surface area contributed by atoms with Crippen molar-refractivity contribution in [2.45, 2.75) is 6.54 Å². The third-order valence-electron chi connectivity index (χ3n) is 3.21. The standard InChI is InChI=1S/C16H13ClN2/c17-16-6-5-13(14-3-1-2-4-15(14)16)12-7-11(8-18)9-19-10-12/h1-7,9-10H,8,18H2. The molecule has 1 aromatic heterocycles. The van der Waals surface area contributed by atoms with Gasteiger partial charge in [0.2, 0.25) is 0 Å². The summed E-state index contributed by atoms with van der Waals surface area (Å²) in [6.45, 7) is 0.492. The number of pyridine rings is 1. The predicted octanol–water partition coefficient (Wildman–Crippen LogP) is 4.01. The van der Waals surface area contributed by atoms with Crippen LogP contribution in [0, 0.1) is 0 Å². The highest BCUT2D eigenvalue weighted by Crippen LogP contribution is 2.32. The fraction of sp³-hybridized carbons (Fsp3) is 0.0625. The first kappa shape index (κ1) is 12.2. The second-order valence-electron chi connectivity index (χ2n) is 4.43. The van der Waals surface area contributed by atoms with Gasteiger partial charge in [-0.1, -0.05) is 41.9 Å². The highest BCUT2D eigenvalue weighted by Gasteiger charge is 2.07. The second kappa shape index (κ2) is 5.00. The summed E-state index contributed by atoms with van der Waals surface area (Å²) in [4.78, 5) is 4.25. The molecule has 2 nitrogen and oxygen atoms in total. The smallest absolute Gasteiger partial charge is 0.0484 e. The van der Waals surface area contributed by atoms with Crippen LogP contribution in [-0.2, 0) is 6.54 Å². The zero-order chi connectivity index (χ0) is 13.2. The van der Waals surface area contributed by atoms with Gasteiger partial charge in [-0.25, -0.2) is 0 Å². The van der Waals surface area contributed by atoms with Crippen LogP contribution >= 0.6 is 11.6 Å². The molecule has 0 atom stereocenters. The van der Waals surface area contributed by atoms with E-state index in [0.29, 0.717) is 6.54 Å². The summed E-state index contributed by atoms with van der Waals surface area (Å²) in [6.07, 6.45) is 3.65. The minimum Gasteiger partial charge on any atom is -0.326 e. The lowest BCUT2D eigenvalue weighted by Gasteiger charge is -2.09. The van der Waals surface area contributed by atoms with Crippen molar-refractivity contribution in [2.24, 2.45) is 5.73 Å². The number of hydrogen-bond donors (Lipinski definition) is 1. The van der Waals surface area contributed by atoms with Crippen molar-refractivity contribution in [1.82, 2.24) is 4.98 Å². The topological polar surface area (TPSA) is 38.9 Å². The van der Waals surface area contributed by atoms with Crippen LogP contribution in [0.4, 0.5) is 0 Å². The molecule has 0 bridgehead atoms. The Bertz CT molecular complexity index is 738. The third kappa shape index (κ3) is 2.21. The molecule has 3 aromatic rings. The normalized spacial score (nSPS) is 10.8. The van der Waals surface area contributed by atoms with Crippen molar-refractivity contribution in [3.8, 4) is 11.1 Å². The number of nitrogens with two attached hydrogens (primary N) is 1. The van der Waals surface area contributed by atoms with Gasteiger partial charge >= 0.3 is 0 Å². The Balaban J connectivity index is 2.28. The molecule has 0 aliphatic carbocycles. The van der Waals surface area contributed by atoms with E-state index < -0.39 is 0 Å². The summed E-state index contributed by atoms with van der Waals surface area (Å²) < 4.78 is 0. The third-order valence-corrected chi connectivity index (χ3v) is 3.54. The lowest BCUT2D eigenvalue weighted by molar-refractivity contribution is 1.05. The quantitative estimate of drug-likeness (QED) is 0.763. The Morgan fingerprint density at radius 1 is 1.00 bits per heavy atom. The first-order chi connectivity index (χ1) is 9.29. The van der Waals surface area contributed by atoms with Gasteiger partial charge in [0.05, 0.1) is 0 Å². The molecule has 2 N–H and O–H groups in total.